The van der Waals surface area contributed by atoms with Gasteiger partial charge in [-0.1, -0.05) is 172 Å². The zero-order valence-electron chi connectivity index (χ0n) is 38.9. The summed E-state index contributed by atoms with van der Waals surface area (Å²) >= 11 is 1.87. The molecule has 1 aromatic heterocycles. The van der Waals surface area contributed by atoms with Crippen LogP contribution >= 0.6 is 11.3 Å². The minimum Gasteiger partial charge on any atom is -0.310 e. The molecule has 1 heterocycles. The van der Waals surface area contributed by atoms with Crippen LogP contribution in [-0.4, -0.2) is 0 Å². The summed E-state index contributed by atoms with van der Waals surface area (Å²) in [5.41, 5.74) is 14.2. The first kappa shape index (κ1) is 40.6. The van der Waals surface area contributed by atoms with Gasteiger partial charge in [-0.25, -0.2) is 0 Å². The monoisotopic (exact) mass is 910 g/mol. The maximum Gasteiger partial charge on any atom is 0.0540 e. The summed E-state index contributed by atoms with van der Waals surface area (Å²) in [6.07, 6.45) is 0. The molecule has 2 nitrogen and oxygen atoms in total. The Labute approximate surface area is 411 Å². The first-order valence-electron chi connectivity index (χ1n) is 24.2. The van der Waals surface area contributed by atoms with Crippen molar-refractivity contribution in [2.24, 2.45) is 0 Å². The molecule has 1 aliphatic rings. The summed E-state index contributed by atoms with van der Waals surface area (Å²) in [5, 5.41) is 12.6. The van der Waals surface area contributed by atoms with Gasteiger partial charge in [0, 0.05) is 59.4 Å². The lowest BCUT2D eigenvalue weighted by Crippen LogP contribution is -2.17. The van der Waals surface area contributed by atoms with E-state index in [1.807, 2.05) is 11.3 Å². The zero-order valence-corrected chi connectivity index (χ0v) is 39.7. The Hall–Kier alpha value is -8.50. The minimum atomic E-state index is -0.281. The van der Waals surface area contributed by atoms with Gasteiger partial charge in [-0.3, -0.25) is 0 Å². The van der Waals surface area contributed by atoms with Gasteiger partial charge in [0.2, 0.25) is 0 Å². The van der Waals surface area contributed by atoms with Crippen molar-refractivity contribution >= 4 is 109 Å². The molecule has 0 amide bonds. The predicted octanol–water partition coefficient (Wildman–Crippen LogP) is 19.6. The Morgan fingerprint density at radius 1 is 0.286 bits per heavy atom. The van der Waals surface area contributed by atoms with E-state index in [4.69, 9.17) is 0 Å². The molecule has 12 aromatic carbocycles. The maximum atomic E-state index is 2.52. The molecule has 0 atom stereocenters. The first-order chi connectivity index (χ1) is 34.5. The van der Waals surface area contributed by atoms with E-state index >= 15 is 0 Å². The molecule has 0 saturated heterocycles. The topological polar surface area (TPSA) is 6.48 Å². The van der Waals surface area contributed by atoms with Gasteiger partial charge in [-0.05, 0) is 156 Å². The Morgan fingerprint density at radius 2 is 0.743 bits per heavy atom. The summed E-state index contributed by atoms with van der Waals surface area (Å²) in [5.74, 6) is 0. The minimum absolute atomic E-state index is 0.281. The average molecular weight is 911 g/mol. The SMILES string of the molecule is CC1(C)c2cc(N(c3ccccc3)c3ccccc3)ccc2-c2ccc(N(c3ccc4c5ccccc5c5ccccc5c4c3)c3ccc(-c4ccc5sc6ccccc6c5c4)c4ccccc34)cc21. The number of nitrogens with zero attached hydrogens (tertiary/aromatic N) is 2. The Morgan fingerprint density at radius 3 is 1.37 bits per heavy atom. The number of hydrogen-bond acceptors (Lipinski definition) is 3. The van der Waals surface area contributed by atoms with E-state index in [-0.39, 0.29) is 5.41 Å². The van der Waals surface area contributed by atoms with Crippen molar-refractivity contribution in [3.63, 3.8) is 0 Å². The van der Waals surface area contributed by atoms with Gasteiger partial charge >= 0.3 is 0 Å². The lowest BCUT2D eigenvalue weighted by atomic mass is 9.82. The van der Waals surface area contributed by atoms with Gasteiger partial charge in [0.05, 0.1) is 5.69 Å². The molecular weight excluding hydrogens is 865 g/mol. The number of anilines is 6. The molecule has 0 radical (unpaired) electrons. The molecule has 0 bridgehead atoms. The number of rotatable bonds is 7. The fourth-order valence-electron chi connectivity index (χ4n) is 11.7. The largest absolute Gasteiger partial charge is 0.310 e. The van der Waals surface area contributed by atoms with Crippen molar-refractivity contribution in [3.8, 4) is 22.3 Å². The van der Waals surface area contributed by atoms with Crippen molar-refractivity contribution < 1.29 is 0 Å². The molecule has 1 aliphatic carbocycles. The number of fused-ring (bicyclic) bond motifs is 13. The highest BCUT2D eigenvalue weighted by atomic mass is 32.1. The first-order valence-corrected chi connectivity index (χ1v) is 25.1. The molecule has 0 unspecified atom stereocenters. The Bertz CT molecular complexity index is 4150. The lowest BCUT2D eigenvalue weighted by molar-refractivity contribution is 0.660. The molecule has 0 spiro atoms. The highest BCUT2D eigenvalue weighted by Crippen LogP contribution is 2.53. The summed E-state index contributed by atoms with van der Waals surface area (Å²) < 4.78 is 2.64. The standard InChI is InChI=1S/C67H46N2S/c1-67(2)62-41-47(68(44-17-5-3-6-18-44)45-19-7-4-8-20-45)31-34-56(62)57-35-32-48(42-63(57)67)69(46-30-33-55-53-24-10-9-22-51(53)52-23-11-12-25-54(52)60(55)40-46)64-37-36-49(50-21-13-14-26-58(50)64)43-29-38-66-61(39-43)59-27-15-16-28-65(59)70-66/h3-42H,1-2H3. The van der Waals surface area contributed by atoms with Crippen molar-refractivity contribution in [1.82, 2.24) is 0 Å². The summed E-state index contributed by atoms with van der Waals surface area (Å²) in [7, 11) is 0. The molecule has 13 aromatic rings. The second-order valence-electron chi connectivity index (χ2n) is 19.2. The van der Waals surface area contributed by atoms with Crippen LogP contribution in [0.2, 0.25) is 0 Å². The van der Waals surface area contributed by atoms with Gasteiger partial charge in [0.1, 0.15) is 0 Å². The molecule has 330 valence electrons. The van der Waals surface area contributed by atoms with Crippen LogP contribution in [0.3, 0.4) is 0 Å². The van der Waals surface area contributed by atoms with Crippen molar-refractivity contribution in [2.75, 3.05) is 9.80 Å². The fourth-order valence-corrected chi connectivity index (χ4v) is 12.8. The number of thiophene rings is 1. The van der Waals surface area contributed by atoms with E-state index in [0.717, 1.165) is 34.1 Å². The van der Waals surface area contributed by atoms with E-state index in [0.29, 0.717) is 0 Å². The van der Waals surface area contributed by atoms with E-state index in [1.54, 1.807) is 0 Å². The summed E-state index contributed by atoms with van der Waals surface area (Å²) in [6, 6.07) is 90.0. The molecular formula is C67H46N2S. The molecule has 14 rings (SSSR count). The zero-order chi connectivity index (χ0) is 46.5. The number of hydrogen-bond donors (Lipinski definition) is 0. The molecule has 0 aliphatic heterocycles. The normalized spacial score (nSPS) is 12.8. The number of benzene rings is 12. The van der Waals surface area contributed by atoms with Crippen LogP contribution in [0.1, 0.15) is 25.0 Å². The third-order valence-electron chi connectivity index (χ3n) is 15.0. The van der Waals surface area contributed by atoms with Crippen LogP contribution in [0.15, 0.2) is 243 Å². The fraction of sp³-hybridized carbons (Fsp3) is 0.0448. The van der Waals surface area contributed by atoms with E-state index in [1.165, 1.54) is 96.6 Å². The van der Waals surface area contributed by atoms with Gasteiger partial charge in [0.15, 0.2) is 0 Å². The van der Waals surface area contributed by atoms with Crippen LogP contribution < -0.4 is 9.80 Å². The average Bonchev–Trinajstić information content (AvgIpc) is 3.90. The number of para-hydroxylation sites is 2. The summed E-state index contributed by atoms with van der Waals surface area (Å²) in [6.45, 7) is 4.80. The Balaban J connectivity index is 0.964. The molecule has 70 heavy (non-hydrogen) atoms. The maximum absolute atomic E-state index is 2.52. The van der Waals surface area contributed by atoms with Crippen molar-refractivity contribution in [2.45, 2.75) is 19.3 Å². The van der Waals surface area contributed by atoms with E-state index in [9.17, 15) is 0 Å². The van der Waals surface area contributed by atoms with Gasteiger partial charge < -0.3 is 9.80 Å². The van der Waals surface area contributed by atoms with Crippen LogP contribution in [0, 0.1) is 0 Å². The van der Waals surface area contributed by atoms with Gasteiger partial charge in [-0.2, -0.15) is 0 Å². The van der Waals surface area contributed by atoms with Crippen LogP contribution in [0.4, 0.5) is 34.1 Å². The summed E-state index contributed by atoms with van der Waals surface area (Å²) in [4.78, 5) is 4.89. The quantitative estimate of drug-likeness (QED) is 0.147. The second-order valence-corrected chi connectivity index (χ2v) is 20.3. The van der Waals surface area contributed by atoms with E-state index < -0.39 is 0 Å². The Kier molecular flexibility index (Phi) is 9.14. The highest BCUT2D eigenvalue weighted by Gasteiger charge is 2.37. The predicted molar refractivity (Wildman–Crippen MR) is 302 cm³/mol. The van der Waals surface area contributed by atoms with Crippen LogP contribution in [0.25, 0.3) is 85.5 Å². The third-order valence-corrected chi connectivity index (χ3v) is 16.2. The lowest BCUT2D eigenvalue weighted by Gasteiger charge is -2.30. The van der Waals surface area contributed by atoms with Gasteiger partial charge in [0.25, 0.3) is 0 Å². The van der Waals surface area contributed by atoms with Crippen LogP contribution in [-0.2, 0) is 5.41 Å². The molecule has 3 heteroatoms. The molecule has 0 saturated carbocycles. The van der Waals surface area contributed by atoms with Crippen molar-refractivity contribution in [1.29, 1.82) is 0 Å². The molecule has 0 fully saturated rings. The highest BCUT2D eigenvalue weighted by molar-refractivity contribution is 7.25. The third kappa shape index (κ3) is 6.25. The second kappa shape index (κ2) is 15.8. The van der Waals surface area contributed by atoms with Crippen LogP contribution in [0.5, 0.6) is 0 Å². The van der Waals surface area contributed by atoms with Gasteiger partial charge in [-0.15, -0.1) is 11.3 Å². The van der Waals surface area contributed by atoms with E-state index in [2.05, 4.69) is 266 Å². The molecule has 0 N–H and O–H groups in total. The smallest absolute Gasteiger partial charge is 0.0540 e. The van der Waals surface area contributed by atoms with Crippen molar-refractivity contribution in [3.05, 3.63) is 254 Å².